The number of hydrogen-bond donors (Lipinski definition) is 2. The Bertz CT molecular complexity index is 560. The molecule has 24 heavy (non-hydrogen) atoms. The minimum atomic E-state index is -0.646. The molecule has 0 aromatic carbocycles. The van der Waals surface area contributed by atoms with E-state index in [4.69, 9.17) is 0 Å². The number of carbonyl (C=O) groups excluding carboxylic acids is 4. The first-order valence-corrected chi connectivity index (χ1v) is 8.11. The van der Waals surface area contributed by atoms with Crippen LogP contribution in [0.1, 0.15) is 27.7 Å². The van der Waals surface area contributed by atoms with Gasteiger partial charge in [-0.2, -0.15) is 0 Å². The van der Waals surface area contributed by atoms with Crippen molar-refractivity contribution in [3.8, 4) is 0 Å². The van der Waals surface area contributed by atoms with E-state index >= 15 is 0 Å². The minimum absolute atomic E-state index is 0.165. The third-order valence-electron chi connectivity index (χ3n) is 5.63. The summed E-state index contributed by atoms with van der Waals surface area (Å²) >= 11 is 0. The molecule has 5 rings (SSSR count). The third kappa shape index (κ3) is 1.62. The fourth-order valence-corrected chi connectivity index (χ4v) is 5.02. The van der Waals surface area contributed by atoms with E-state index in [1.807, 2.05) is 10.6 Å². The Kier molecular flexibility index (Phi) is 2.98. The van der Waals surface area contributed by atoms with E-state index in [0.29, 0.717) is 0 Å². The lowest BCUT2D eigenvalue weighted by atomic mass is 10.2. The zero-order valence-corrected chi connectivity index (χ0v) is 14.0. The van der Waals surface area contributed by atoms with Gasteiger partial charge in [0.1, 0.15) is 0 Å². The summed E-state index contributed by atoms with van der Waals surface area (Å²) in [5, 5.41) is 3.91. The van der Waals surface area contributed by atoms with Crippen molar-refractivity contribution in [2.75, 3.05) is 0 Å². The van der Waals surface area contributed by atoms with Crippen LogP contribution < -0.4 is 10.6 Å². The Balaban J connectivity index is 1.93. The molecule has 5 fully saturated rings. The topological polar surface area (TPSA) is 114 Å². The number of amides is 4. The smallest absolute Gasteiger partial charge is 0.241 e. The predicted molar refractivity (Wildman–Crippen MR) is 76.7 cm³/mol. The highest BCUT2D eigenvalue weighted by molar-refractivity contribution is 5.82. The first-order valence-electron chi connectivity index (χ1n) is 8.11. The summed E-state index contributed by atoms with van der Waals surface area (Å²) in [5.41, 5.74) is 0. The predicted octanol–water partition coefficient (Wildman–Crippen LogP) is -4.48. The van der Waals surface area contributed by atoms with Crippen LogP contribution in [0.15, 0.2) is 0 Å². The first kappa shape index (κ1) is 15.3. The summed E-state index contributed by atoms with van der Waals surface area (Å²) < 4.78 is 0. The van der Waals surface area contributed by atoms with Crippen molar-refractivity contribution in [2.45, 2.75) is 64.7 Å². The van der Waals surface area contributed by atoms with Crippen LogP contribution in [-0.4, -0.2) is 80.2 Å². The highest BCUT2D eigenvalue weighted by Gasteiger charge is 2.74. The number of hydrogen-bond acceptors (Lipinski definition) is 4. The Labute approximate surface area is 138 Å². The standard InChI is InChI=1S/C14H20N6O4/c1-5(21)17-9-10-16-12-11(15-9)19(7(3)23)14(20(12)8(4)24)13(17)18(10)6(2)22/h9-16H,1-4H3/p+2. The number of piperazine rings is 1. The summed E-state index contributed by atoms with van der Waals surface area (Å²) in [6.45, 7) is 5.84. The molecule has 4 N–H and O–H groups in total. The molecule has 4 unspecified atom stereocenters. The molecule has 0 spiro atoms. The lowest BCUT2D eigenvalue weighted by molar-refractivity contribution is -0.895. The summed E-state index contributed by atoms with van der Waals surface area (Å²) in [7, 11) is 0. The maximum absolute atomic E-state index is 12.3. The van der Waals surface area contributed by atoms with Crippen LogP contribution in [0.3, 0.4) is 0 Å². The van der Waals surface area contributed by atoms with Crippen LogP contribution in [0.25, 0.3) is 0 Å². The second-order valence-electron chi connectivity index (χ2n) is 6.88. The van der Waals surface area contributed by atoms with Gasteiger partial charge in [-0.25, -0.2) is 0 Å². The van der Waals surface area contributed by atoms with Gasteiger partial charge in [0.2, 0.25) is 48.3 Å². The van der Waals surface area contributed by atoms with E-state index in [-0.39, 0.29) is 48.3 Å². The Hall–Kier alpha value is -2.20. The molecular weight excluding hydrogens is 316 g/mol. The van der Waals surface area contributed by atoms with Crippen molar-refractivity contribution in [2.24, 2.45) is 0 Å². The zero-order valence-electron chi connectivity index (χ0n) is 14.0. The molecule has 0 aromatic rings. The molecule has 5 heterocycles. The lowest BCUT2D eigenvalue weighted by Crippen LogP contribution is -3.20. The summed E-state index contributed by atoms with van der Waals surface area (Å²) in [5.74, 6) is -0.661. The van der Waals surface area contributed by atoms with Gasteiger partial charge in [-0.15, -0.1) is 0 Å². The Morgan fingerprint density at radius 3 is 0.917 bits per heavy atom. The third-order valence-corrected chi connectivity index (χ3v) is 5.63. The molecule has 10 nitrogen and oxygen atoms in total. The van der Waals surface area contributed by atoms with Gasteiger partial charge in [0.05, 0.1) is 0 Å². The van der Waals surface area contributed by atoms with Crippen molar-refractivity contribution >= 4 is 23.6 Å². The number of nitrogens with zero attached hydrogens (tertiary/aromatic N) is 4. The van der Waals surface area contributed by atoms with Gasteiger partial charge in [-0.3, -0.25) is 49.4 Å². The van der Waals surface area contributed by atoms with Gasteiger partial charge >= 0.3 is 0 Å². The van der Waals surface area contributed by atoms with Crippen molar-refractivity contribution < 1.29 is 29.8 Å². The zero-order chi connectivity index (χ0) is 17.5. The summed E-state index contributed by atoms with van der Waals surface area (Å²) in [4.78, 5) is 55.9. The average Bonchev–Trinajstić information content (AvgIpc) is 2.85. The molecule has 6 bridgehead atoms. The number of nitrogens with two attached hydrogens (primary N) is 2. The largest absolute Gasteiger partial charge is 0.293 e. The van der Waals surface area contributed by atoms with E-state index < -0.39 is 12.3 Å². The molecule has 0 radical (unpaired) electrons. The van der Waals surface area contributed by atoms with Crippen LogP contribution in [0, 0.1) is 0 Å². The molecule has 5 aliphatic rings. The monoisotopic (exact) mass is 338 g/mol. The molecule has 5 saturated heterocycles. The molecule has 130 valence electrons. The SMILES string of the molecule is CC(=O)N1C2[NH2+]C3C4[NH2+]C2N(C(C)=O)C1C(N3C(C)=O)N4C(C)=O. The van der Waals surface area contributed by atoms with E-state index in [9.17, 15) is 19.2 Å². The first-order chi connectivity index (χ1) is 11.3. The van der Waals surface area contributed by atoms with Crippen LogP contribution in [0.4, 0.5) is 0 Å². The maximum Gasteiger partial charge on any atom is 0.241 e. The van der Waals surface area contributed by atoms with Gasteiger partial charge in [0.25, 0.3) is 0 Å². The van der Waals surface area contributed by atoms with Gasteiger partial charge in [-0.1, -0.05) is 0 Å². The van der Waals surface area contributed by atoms with Crippen molar-refractivity contribution in [1.82, 2.24) is 19.6 Å². The van der Waals surface area contributed by atoms with Crippen LogP contribution in [0.2, 0.25) is 0 Å². The highest BCUT2D eigenvalue weighted by atomic mass is 16.2. The highest BCUT2D eigenvalue weighted by Crippen LogP contribution is 2.38. The van der Waals surface area contributed by atoms with Crippen LogP contribution in [0.5, 0.6) is 0 Å². The average molecular weight is 338 g/mol. The molecule has 4 amide bonds. The van der Waals surface area contributed by atoms with Crippen LogP contribution in [-0.2, 0) is 19.2 Å². The molecule has 0 aliphatic carbocycles. The minimum Gasteiger partial charge on any atom is -0.293 e. The van der Waals surface area contributed by atoms with E-state index in [0.717, 1.165) is 0 Å². The van der Waals surface area contributed by atoms with Crippen molar-refractivity contribution in [3.63, 3.8) is 0 Å². The molecule has 0 saturated carbocycles. The molecule has 0 aromatic heterocycles. The summed E-state index contributed by atoms with van der Waals surface area (Å²) in [6, 6.07) is 0. The second kappa shape index (κ2) is 4.67. The number of quaternary nitrogens is 2. The van der Waals surface area contributed by atoms with Gasteiger partial charge in [0, 0.05) is 27.7 Å². The molecule has 10 heteroatoms. The maximum atomic E-state index is 12.3. The lowest BCUT2D eigenvalue weighted by Gasteiger charge is -2.37. The molecule has 4 atom stereocenters. The molecular formula is C14H22N6O4+2. The second-order valence-corrected chi connectivity index (χ2v) is 6.88. The fraction of sp³-hybridized carbons (Fsp3) is 0.714. The number of rotatable bonds is 0. The van der Waals surface area contributed by atoms with Gasteiger partial charge in [-0.05, 0) is 0 Å². The fourth-order valence-electron chi connectivity index (χ4n) is 5.02. The number of carbonyl (C=O) groups is 4. The summed E-state index contributed by atoms with van der Waals surface area (Å²) in [6.07, 6.45) is -2.30. The van der Waals surface area contributed by atoms with E-state index in [2.05, 4.69) is 0 Å². The van der Waals surface area contributed by atoms with E-state index in [1.165, 1.54) is 27.7 Å². The van der Waals surface area contributed by atoms with Gasteiger partial charge in [0.15, 0.2) is 12.3 Å². The quantitative estimate of drug-likeness (QED) is 0.463. The van der Waals surface area contributed by atoms with E-state index in [1.54, 1.807) is 19.6 Å². The Morgan fingerprint density at radius 2 is 0.750 bits per heavy atom. The molecule has 5 aliphatic heterocycles. The van der Waals surface area contributed by atoms with Crippen LogP contribution >= 0.6 is 0 Å². The Morgan fingerprint density at radius 1 is 0.542 bits per heavy atom. The van der Waals surface area contributed by atoms with Gasteiger partial charge < -0.3 is 0 Å². The normalized spacial score (nSPS) is 38.8. The van der Waals surface area contributed by atoms with Crippen molar-refractivity contribution in [1.29, 1.82) is 0 Å². The van der Waals surface area contributed by atoms with Crippen molar-refractivity contribution in [3.05, 3.63) is 0 Å².